The molecule has 0 saturated heterocycles. The third-order valence-electron chi connectivity index (χ3n) is 2.62. The van der Waals surface area contributed by atoms with Gasteiger partial charge in [-0.15, -0.1) is 10.2 Å². The molecule has 18 heavy (non-hydrogen) atoms. The maximum Gasteiger partial charge on any atom is 0.156 e. The van der Waals surface area contributed by atoms with E-state index in [0.717, 1.165) is 22.8 Å². The van der Waals surface area contributed by atoms with Crippen LogP contribution < -0.4 is 0 Å². The Morgan fingerprint density at radius 2 is 1.56 bits per heavy atom. The molecule has 5 nitrogen and oxygen atoms in total. The van der Waals surface area contributed by atoms with Gasteiger partial charge < -0.3 is 9.80 Å². The highest BCUT2D eigenvalue weighted by Gasteiger charge is 2.21. The van der Waals surface area contributed by atoms with Crippen LogP contribution in [0.1, 0.15) is 5.56 Å². The van der Waals surface area contributed by atoms with E-state index in [1.54, 1.807) is 0 Å². The summed E-state index contributed by atoms with van der Waals surface area (Å²) in [5.74, 6) is 0.985. The van der Waals surface area contributed by atoms with Crippen molar-refractivity contribution >= 4 is 5.71 Å². The third-order valence-corrected chi connectivity index (χ3v) is 2.62. The fourth-order valence-electron chi connectivity index (χ4n) is 1.97. The second-order valence-electron chi connectivity index (χ2n) is 4.47. The Balaban J connectivity index is 2.49. The molecule has 0 aromatic heterocycles. The van der Waals surface area contributed by atoms with Gasteiger partial charge in [-0.25, -0.2) is 0 Å². The van der Waals surface area contributed by atoms with Gasteiger partial charge in [0, 0.05) is 33.8 Å². The highest BCUT2D eigenvalue weighted by Crippen LogP contribution is 2.22. The van der Waals surface area contributed by atoms with Gasteiger partial charge in [0.05, 0.1) is 0 Å². The van der Waals surface area contributed by atoms with Crippen LogP contribution in [-0.2, 0) is 0 Å². The lowest BCUT2D eigenvalue weighted by atomic mass is 10.1. The summed E-state index contributed by atoms with van der Waals surface area (Å²) >= 11 is 0. The third kappa shape index (κ3) is 2.25. The van der Waals surface area contributed by atoms with Crippen LogP contribution in [0.5, 0.6) is 0 Å². The molecule has 94 valence electrons. The van der Waals surface area contributed by atoms with Crippen LogP contribution in [-0.4, -0.2) is 43.7 Å². The Labute approximate surface area is 107 Å². The minimum Gasteiger partial charge on any atom is -0.363 e. The second-order valence-corrected chi connectivity index (χ2v) is 4.47. The van der Waals surface area contributed by atoms with Gasteiger partial charge in [0.15, 0.2) is 5.70 Å². The van der Waals surface area contributed by atoms with Crippen molar-refractivity contribution in [1.29, 1.82) is 0 Å². The average molecular weight is 243 g/mol. The number of allylic oxidation sites excluding steroid dienone is 1. The van der Waals surface area contributed by atoms with Crippen LogP contribution in [0, 0.1) is 0 Å². The van der Waals surface area contributed by atoms with E-state index in [-0.39, 0.29) is 0 Å². The zero-order valence-electron chi connectivity index (χ0n) is 11.1. The van der Waals surface area contributed by atoms with E-state index < -0.39 is 0 Å². The molecule has 0 atom stereocenters. The first-order chi connectivity index (χ1) is 8.61. The van der Waals surface area contributed by atoms with Crippen molar-refractivity contribution in [1.82, 2.24) is 9.80 Å². The monoisotopic (exact) mass is 243 g/mol. The van der Waals surface area contributed by atoms with Gasteiger partial charge in [-0.05, 0) is 5.22 Å². The van der Waals surface area contributed by atoms with Crippen molar-refractivity contribution in [3.8, 4) is 0 Å². The lowest BCUT2D eigenvalue weighted by Gasteiger charge is -2.25. The molecule has 1 aliphatic rings. The van der Waals surface area contributed by atoms with E-state index in [4.69, 9.17) is 0 Å². The van der Waals surface area contributed by atoms with Gasteiger partial charge in [-0.3, -0.25) is 0 Å². The molecule has 0 N–H and O–H groups in total. The molecule has 0 aliphatic carbocycles. The quantitative estimate of drug-likeness (QED) is 0.816. The molecule has 0 saturated carbocycles. The second kappa shape index (κ2) is 5.00. The normalized spacial score (nSPS) is 13.6. The van der Waals surface area contributed by atoms with Crippen LogP contribution in [0.25, 0.3) is 0 Å². The number of hydrogen-bond acceptors (Lipinski definition) is 5. The predicted molar refractivity (Wildman–Crippen MR) is 72.2 cm³/mol. The van der Waals surface area contributed by atoms with Crippen LogP contribution in [0.2, 0.25) is 0 Å². The number of rotatable bonds is 3. The summed E-state index contributed by atoms with van der Waals surface area (Å²) in [7, 11) is 7.94. The molecule has 0 amide bonds. The molecule has 2 rings (SSSR count). The van der Waals surface area contributed by atoms with Gasteiger partial charge >= 0.3 is 0 Å². The number of hydrogen-bond donors (Lipinski definition) is 0. The highest BCUT2D eigenvalue weighted by atomic mass is 15.4. The summed E-state index contributed by atoms with van der Waals surface area (Å²) in [6, 6.07) is 9.98. The fourth-order valence-corrected chi connectivity index (χ4v) is 1.97. The standard InChI is InChI=1S/C13H17N5/c1-17(2)13(18(3)4)12-11(14-16-15-12)10-8-6-5-7-9-10/h5-9H,1-4H3. The summed E-state index contributed by atoms with van der Waals surface area (Å²) in [4.78, 5) is 4.02. The van der Waals surface area contributed by atoms with Crippen molar-refractivity contribution in [3.63, 3.8) is 0 Å². The molecule has 0 spiro atoms. The van der Waals surface area contributed by atoms with E-state index in [0.29, 0.717) is 0 Å². The Morgan fingerprint density at radius 1 is 0.944 bits per heavy atom. The Bertz CT molecular complexity index is 501. The summed E-state index contributed by atoms with van der Waals surface area (Å²) in [6.07, 6.45) is 0. The first kappa shape index (κ1) is 12.3. The van der Waals surface area contributed by atoms with Gasteiger partial charge in [0.2, 0.25) is 0 Å². The molecule has 0 fully saturated rings. The van der Waals surface area contributed by atoms with Crippen LogP contribution in [0.3, 0.4) is 0 Å². The van der Waals surface area contributed by atoms with E-state index in [1.807, 2.05) is 68.3 Å². The minimum atomic E-state index is 0.802. The molecule has 1 heterocycles. The van der Waals surface area contributed by atoms with Gasteiger partial charge in [0.25, 0.3) is 0 Å². The van der Waals surface area contributed by atoms with E-state index in [1.165, 1.54) is 0 Å². The molecule has 0 bridgehead atoms. The molecule has 0 unspecified atom stereocenters. The topological polar surface area (TPSA) is 43.6 Å². The van der Waals surface area contributed by atoms with Crippen LogP contribution in [0.4, 0.5) is 0 Å². The van der Waals surface area contributed by atoms with E-state index in [2.05, 4.69) is 15.4 Å². The van der Waals surface area contributed by atoms with Crippen molar-refractivity contribution < 1.29 is 0 Å². The first-order valence-corrected chi connectivity index (χ1v) is 5.74. The molecule has 5 heteroatoms. The van der Waals surface area contributed by atoms with Crippen molar-refractivity contribution in [2.24, 2.45) is 15.4 Å². The van der Waals surface area contributed by atoms with Gasteiger partial charge in [-0.1, -0.05) is 30.3 Å². The largest absolute Gasteiger partial charge is 0.363 e. The van der Waals surface area contributed by atoms with Crippen LogP contribution >= 0.6 is 0 Å². The van der Waals surface area contributed by atoms with Crippen molar-refractivity contribution in [3.05, 3.63) is 47.4 Å². The molecule has 1 aromatic rings. The molecule has 1 aliphatic heterocycles. The van der Waals surface area contributed by atoms with Crippen molar-refractivity contribution in [2.45, 2.75) is 0 Å². The summed E-state index contributed by atoms with van der Waals surface area (Å²) in [5, 5.41) is 12.1. The summed E-state index contributed by atoms with van der Waals surface area (Å²) < 4.78 is 0. The zero-order valence-corrected chi connectivity index (χ0v) is 11.1. The number of nitrogens with zero attached hydrogens (tertiary/aromatic N) is 5. The lowest BCUT2D eigenvalue weighted by molar-refractivity contribution is 0.338. The summed E-state index contributed by atoms with van der Waals surface area (Å²) in [5.41, 5.74) is 2.64. The van der Waals surface area contributed by atoms with E-state index in [9.17, 15) is 0 Å². The fraction of sp³-hybridized carbons (Fsp3) is 0.308. The highest BCUT2D eigenvalue weighted by molar-refractivity contribution is 6.13. The van der Waals surface area contributed by atoms with Gasteiger partial charge in [-0.2, -0.15) is 0 Å². The zero-order chi connectivity index (χ0) is 13.1. The Hall–Kier alpha value is -2.17. The average Bonchev–Trinajstić information content (AvgIpc) is 2.78. The van der Waals surface area contributed by atoms with Crippen molar-refractivity contribution in [2.75, 3.05) is 28.2 Å². The lowest BCUT2D eigenvalue weighted by Crippen LogP contribution is -2.27. The smallest absolute Gasteiger partial charge is 0.156 e. The molecule has 1 aromatic carbocycles. The minimum absolute atomic E-state index is 0.802. The SMILES string of the molecule is CN(C)C(=C1N=NN=C1c1ccccc1)N(C)C. The molecular formula is C13H17N5. The summed E-state index contributed by atoms with van der Waals surface area (Å²) in [6.45, 7) is 0. The number of benzene rings is 1. The van der Waals surface area contributed by atoms with Crippen LogP contribution in [0.15, 0.2) is 57.3 Å². The van der Waals surface area contributed by atoms with E-state index >= 15 is 0 Å². The predicted octanol–water partition coefficient (Wildman–Crippen LogP) is 2.15. The first-order valence-electron chi connectivity index (χ1n) is 5.74. The molecule has 0 radical (unpaired) electrons. The Kier molecular flexibility index (Phi) is 3.41. The maximum absolute atomic E-state index is 4.15. The van der Waals surface area contributed by atoms with Gasteiger partial charge in [0.1, 0.15) is 11.5 Å². The molecular weight excluding hydrogens is 226 g/mol. The maximum atomic E-state index is 4.15. The Morgan fingerprint density at radius 3 is 2.11 bits per heavy atom.